The van der Waals surface area contributed by atoms with Crippen LogP contribution in [-0.2, 0) is 27.2 Å². The van der Waals surface area contributed by atoms with Crippen molar-refractivity contribution in [3.8, 4) is 5.75 Å². The molecule has 0 fully saturated rings. The third kappa shape index (κ3) is 8.47. The number of ether oxygens (including phenoxy) is 3. The van der Waals surface area contributed by atoms with E-state index in [9.17, 15) is 14.4 Å². The summed E-state index contributed by atoms with van der Waals surface area (Å²) in [6.07, 6.45) is 2.95. The van der Waals surface area contributed by atoms with Gasteiger partial charge in [-0.3, -0.25) is 4.79 Å². The molecule has 0 radical (unpaired) electrons. The summed E-state index contributed by atoms with van der Waals surface area (Å²) in [4.78, 5) is 36.6. The average molecular weight is 593 g/mol. The van der Waals surface area contributed by atoms with Crippen LogP contribution in [0.3, 0.4) is 0 Å². The molecule has 2 aromatic carbocycles. The molecule has 1 aromatic heterocycles. The van der Waals surface area contributed by atoms with Gasteiger partial charge in [0.05, 0.1) is 42.7 Å². The molecule has 0 atom stereocenters. The number of hydrogen-bond donors (Lipinski definition) is 1. The number of nitrogens with one attached hydrogen (secondary N) is 1. The second kappa shape index (κ2) is 14.6. The van der Waals surface area contributed by atoms with Gasteiger partial charge in [-0.2, -0.15) is 0 Å². The number of thioether (sulfide) groups is 1. The lowest BCUT2D eigenvalue weighted by atomic mass is 10.1. The number of carbonyl (C=O) groups excluding carboxylic acids is 3. The lowest BCUT2D eigenvalue weighted by molar-refractivity contribution is -0.113. The van der Waals surface area contributed by atoms with Crippen molar-refractivity contribution in [2.24, 2.45) is 0 Å². The van der Waals surface area contributed by atoms with Crippen molar-refractivity contribution in [1.29, 1.82) is 0 Å². The van der Waals surface area contributed by atoms with E-state index in [1.807, 2.05) is 4.57 Å². The summed E-state index contributed by atoms with van der Waals surface area (Å²) in [6.45, 7) is 4.66. The van der Waals surface area contributed by atoms with Gasteiger partial charge < -0.3 is 24.1 Å². The van der Waals surface area contributed by atoms with Crippen molar-refractivity contribution in [2.75, 3.05) is 31.9 Å². The number of rotatable bonds is 13. The molecule has 0 aliphatic heterocycles. The lowest BCUT2D eigenvalue weighted by Crippen LogP contribution is -2.16. The number of amides is 1. The maximum Gasteiger partial charge on any atom is 0.337 e. The molecule has 1 amide bonds. The minimum Gasteiger partial charge on any atom is -0.492 e. The Hall–Kier alpha value is -3.54. The minimum atomic E-state index is -0.655. The smallest absolute Gasteiger partial charge is 0.337 e. The van der Waals surface area contributed by atoms with E-state index in [2.05, 4.69) is 22.1 Å². The van der Waals surface area contributed by atoms with E-state index in [0.717, 1.165) is 5.82 Å². The van der Waals surface area contributed by atoms with E-state index in [4.69, 9.17) is 37.4 Å². The first kappa shape index (κ1) is 30.0. The molecule has 0 aliphatic carbocycles. The van der Waals surface area contributed by atoms with Crippen LogP contribution in [0.25, 0.3) is 0 Å². The molecule has 206 valence electrons. The summed E-state index contributed by atoms with van der Waals surface area (Å²) in [6, 6.07) is 9.20. The third-order valence-corrected chi connectivity index (χ3v) is 6.69. The van der Waals surface area contributed by atoms with Gasteiger partial charge in [0.1, 0.15) is 11.6 Å². The standard InChI is InChI=1S/C26H26Cl2N4O6S/c1-4-9-32-22(6-5-10-38-21-8-7-18(27)14-20(21)28)30-31-26(32)39-15-23(33)29-19-12-16(24(34)36-2)11-17(13-19)25(35)37-3/h4,7-8,11-14H,1,5-6,9-10,15H2,2-3H3,(H,29,33). The van der Waals surface area contributed by atoms with Gasteiger partial charge in [0.2, 0.25) is 5.91 Å². The number of benzene rings is 2. The van der Waals surface area contributed by atoms with Crippen LogP contribution in [0.4, 0.5) is 5.69 Å². The van der Waals surface area contributed by atoms with Gasteiger partial charge in [-0.25, -0.2) is 9.59 Å². The lowest BCUT2D eigenvalue weighted by Gasteiger charge is -2.10. The molecule has 39 heavy (non-hydrogen) atoms. The van der Waals surface area contributed by atoms with Gasteiger partial charge in [0.15, 0.2) is 5.16 Å². The Balaban J connectivity index is 1.60. The number of esters is 2. The number of aryl methyl sites for hydroxylation is 1. The second-order valence-corrected chi connectivity index (χ2v) is 9.73. The van der Waals surface area contributed by atoms with E-state index in [1.165, 1.54) is 44.2 Å². The number of methoxy groups -OCH3 is 2. The molecule has 3 aromatic rings. The molecule has 0 saturated heterocycles. The predicted octanol–water partition coefficient (Wildman–Crippen LogP) is 5.09. The highest BCUT2D eigenvalue weighted by atomic mass is 35.5. The number of allylic oxidation sites excluding steroid dienone is 1. The summed E-state index contributed by atoms with van der Waals surface area (Å²) in [5.41, 5.74) is 0.444. The zero-order chi connectivity index (χ0) is 28.4. The van der Waals surface area contributed by atoms with Gasteiger partial charge in [0.25, 0.3) is 0 Å². The predicted molar refractivity (Wildman–Crippen MR) is 149 cm³/mol. The van der Waals surface area contributed by atoms with Gasteiger partial charge in [-0.1, -0.05) is 41.0 Å². The monoisotopic (exact) mass is 592 g/mol. The zero-order valence-electron chi connectivity index (χ0n) is 21.2. The number of carbonyl (C=O) groups is 3. The van der Waals surface area contributed by atoms with Gasteiger partial charge in [-0.15, -0.1) is 16.8 Å². The maximum atomic E-state index is 12.7. The van der Waals surface area contributed by atoms with Crippen molar-refractivity contribution < 1.29 is 28.6 Å². The summed E-state index contributed by atoms with van der Waals surface area (Å²) in [7, 11) is 2.44. The van der Waals surface area contributed by atoms with Crippen LogP contribution in [0.5, 0.6) is 5.75 Å². The van der Waals surface area contributed by atoms with Gasteiger partial charge in [-0.05, 0) is 42.8 Å². The van der Waals surface area contributed by atoms with Crippen LogP contribution in [0, 0.1) is 0 Å². The van der Waals surface area contributed by atoms with Crippen LogP contribution in [0.2, 0.25) is 10.0 Å². The third-order valence-electron chi connectivity index (χ3n) is 5.19. The molecule has 3 rings (SSSR count). The van der Waals surface area contributed by atoms with Crippen LogP contribution in [-0.4, -0.2) is 59.2 Å². The van der Waals surface area contributed by atoms with Gasteiger partial charge in [0, 0.05) is 23.7 Å². The van der Waals surface area contributed by atoms with Crippen molar-refractivity contribution in [3.05, 3.63) is 76.0 Å². The largest absolute Gasteiger partial charge is 0.492 e. The summed E-state index contributed by atoms with van der Waals surface area (Å²) in [5.74, 6) is -0.414. The minimum absolute atomic E-state index is 0.00344. The Bertz CT molecular complexity index is 1330. The van der Waals surface area contributed by atoms with Crippen LogP contribution in [0.1, 0.15) is 33.0 Å². The highest BCUT2D eigenvalue weighted by Crippen LogP contribution is 2.27. The quantitative estimate of drug-likeness (QED) is 0.125. The Morgan fingerprint density at radius 1 is 1.05 bits per heavy atom. The molecule has 1 heterocycles. The molecule has 10 nitrogen and oxygen atoms in total. The first-order valence-electron chi connectivity index (χ1n) is 11.6. The molecule has 1 N–H and O–H groups in total. The van der Waals surface area contributed by atoms with E-state index in [0.29, 0.717) is 46.9 Å². The van der Waals surface area contributed by atoms with E-state index >= 15 is 0 Å². The molecular formula is C26H26Cl2N4O6S. The van der Waals surface area contributed by atoms with E-state index < -0.39 is 11.9 Å². The summed E-state index contributed by atoms with van der Waals surface area (Å²) >= 11 is 13.2. The molecular weight excluding hydrogens is 567 g/mol. The van der Waals surface area contributed by atoms with Crippen molar-refractivity contribution in [1.82, 2.24) is 14.8 Å². The maximum absolute atomic E-state index is 12.7. The van der Waals surface area contributed by atoms with Crippen molar-refractivity contribution in [2.45, 2.75) is 24.5 Å². The molecule has 0 unspecified atom stereocenters. The van der Waals surface area contributed by atoms with Crippen molar-refractivity contribution >= 4 is 58.5 Å². The fraction of sp³-hybridized carbons (Fsp3) is 0.269. The number of anilines is 1. The normalized spacial score (nSPS) is 10.6. The number of nitrogens with zero attached hydrogens (tertiary/aromatic N) is 3. The number of aromatic nitrogens is 3. The molecule has 0 saturated carbocycles. The van der Waals surface area contributed by atoms with E-state index in [-0.39, 0.29) is 28.5 Å². The Morgan fingerprint density at radius 2 is 1.74 bits per heavy atom. The van der Waals surface area contributed by atoms with E-state index in [1.54, 1.807) is 24.3 Å². The van der Waals surface area contributed by atoms with Crippen LogP contribution in [0.15, 0.2) is 54.2 Å². The Morgan fingerprint density at radius 3 is 2.36 bits per heavy atom. The second-order valence-electron chi connectivity index (χ2n) is 7.94. The molecule has 0 bridgehead atoms. The highest BCUT2D eigenvalue weighted by molar-refractivity contribution is 7.99. The Kier molecular flexibility index (Phi) is 11.2. The highest BCUT2D eigenvalue weighted by Gasteiger charge is 2.17. The number of hydrogen-bond acceptors (Lipinski definition) is 9. The first-order valence-corrected chi connectivity index (χ1v) is 13.3. The Labute approximate surface area is 239 Å². The summed E-state index contributed by atoms with van der Waals surface area (Å²) < 4.78 is 17.0. The van der Waals surface area contributed by atoms with Crippen molar-refractivity contribution in [3.63, 3.8) is 0 Å². The first-order chi connectivity index (χ1) is 18.7. The summed E-state index contributed by atoms with van der Waals surface area (Å²) in [5, 5.41) is 12.7. The average Bonchev–Trinajstić information content (AvgIpc) is 3.31. The molecule has 0 aliphatic rings. The topological polar surface area (TPSA) is 122 Å². The molecule has 13 heteroatoms. The zero-order valence-corrected chi connectivity index (χ0v) is 23.6. The SMILES string of the molecule is C=CCn1c(CCCOc2ccc(Cl)cc2Cl)nnc1SCC(=O)Nc1cc(C(=O)OC)cc(C(=O)OC)c1. The molecule has 0 spiro atoms. The number of halogens is 2. The van der Waals surface area contributed by atoms with Crippen LogP contribution < -0.4 is 10.1 Å². The van der Waals surface area contributed by atoms with Gasteiger partial charge >= 0.3 is 11.9 Å². The fourth-order valence-electron chi connectivity index (χ4n) is 3.43. The van der Waals surface area contributed by atoms with Crippen LogP contribution >= 0.6 is 35.0 Å². The fourth-order valence-corrected chi connectivity index (χ4v) is 4.66.